The number of nitro benzene ring substituents is 1. The second-order valence-corrected chi connectivity index (χ2v) is 3.14. The smallest absolute Gasteiger partial charge is 0.309 e. The van der Waals surface area contributed by atoms with Gasteiger partial charge in [-0.15, -0.1) is 0 Å². The average molecular weight is 239 g/mol. The van der Waals surface area contributed by atoms with Crippen molar-refractivity contribution in [3.63, 3.8) is 0 Å². The number of nitro groups is 1. The van der Waals surface area contributed by atoms with Crippen LogP contribution in [0.1, 0.15) is 12.0 Å². The normalized spacial score (nSPS) is 10.5. The van der Waals surface area contributed by atoms with E-state index in [9.17, 15) is 19.3 Å². The molecule has 0 saturated carbocycles. The predicted octanol–water partition coefficient (Wildman–Crippen LogP) is 2.31. The molecule has 0 unspecified atom stereocenters. The lowest BCUT2D eigenvalue weighted by Crippen LogP contribution is -1.97. The Labute approximate surface area is 96.7 Å². The maximum Gasteiger partial charge on any atom is 0.309 e. The van der Waals surface area contributed by atoms with E-state index in [1.165, 1.54) is 25.3 Å². The molecule has 0 aliphatic rings. The van der Waals surface area contributed by atoms with Crippen LogP contribution in [0.15, 0.2) is 24.3 Å². The molecule has 1 rings (SSSR count). The van der Waals surface area contributed by atoms with Gasteiger partial charge in [-0.2, -0.15) is 0 Å². The highest BCUT2D eigenvalue weighted by Gasteiger charge is 2.12. The van der Waals surface area contributed by atoms with Crippen LogP contribution >= 0.6 is 0 Å². The summed E-state index contributed by atoms with van der Waals surface area (Å²) in [5, 5.41) is 10.6. The molecule has 0 radical (unpaired) electrons. The Bertz CT molecular complexity index is 471. The molecule has 0 saturated heterocycles. The first-order valence-corrected chi connectivity index (χ1v) is 4.72. The summed E-state index contributed by atoms with van der Waals surface area (Å²) in [5.74, 6) is -1.13. The molecular weight excluding hydrogens is 229 g/mol. The number of rotatable bonds is 4. The van der Waals surface area contributed by atoms with Gasteiger partial charge < -0.3 is 4.74 Å². The summed E-state index contributed by atoms with van der Waals surface area (Å²) >= 11 is 0. The molecule has 0 fully saturated rings. The Balaban J connectivity index is 2.90. The SMILES string of the molecule is COC(=O)CC=Cc1ccc(F)cc1[N+](=O)[O-]. The van der Waals surface area contributed by atoms with Crippen LogP contribution in [0, 0.1) is 15.9 Å². The van der Waals surface area contributed by atoms with E-state index in [2.05, 4.69) is 4.74 Å². The number of nitrogens with zero attached hydrogens (tertiary/aromatic N) is 1. The van der Waals surface area contributed by atoms with Crippen molar-refractivity contribution in [2.75, 3.05) is 7.11 Å². The summed E-state index contributed by atoms with van der Waals surface area (Å²) in [6.45, 7) is 0. The zero-order valence-electron chi connectivity index (χ0n) is 9.05. The second kappa shape index (κ2) is 5.74. The molecule has 0 amide bonds. The highest BCUT2D eigenvalue weighted by Crippen LogP contribution is 2.21. The number of benzene rings is 1. The minimum Gasteiger partial charge on any atom is -0.469 e. The second-order valence-electron chi connectivity index (χ2n) is 3.14. The van der Waals surface area contributed by atoms with Gasteiger partial charge in [0.05, 0.1) is 30.1 Å². The molecule has 1 aromatic carbocycles. The molecule has 0 aromatic heterocycles. The van der Waals surface area contributed by atoms with E-state index in [1.807, 2.05) is 0 Å². The quantitative estimate of drug-likeness (QED) is 0.459. The Morgan fingerprint density at radius 3 is 2.88 bits per heavy atom. The van der Waals surface area contributed by atoms with Crippen LogP contribution in [0.25, 0.3) is 6.08 Å². The standard InChI is InChI=1S/C11H10FNO4/c1-17-11(14)4-2-3-8-5-6-9(12)7-10(8)13(15)16/h2-3,5-7H,4H2,1H3. The van der Waals surface area contributed by atoms with Crippen LogP contribution in [0.2, 0.25) is 0 Å². The maximum absolute atomic E-state index is 12.8. The monoisotopic (exact) mass is 239 g/mol. The van der Waals surface area contributed by atoms with Crippen LogP contribution in [-0.4, -0.2) is 18.0 Å². The average Bonchev–Trinajstić information content (AvgIpc) is 2.30. The van der Waals surface area contributed by atoms with Crippen molar-refractivity contribution >= 4 is 17.7 Å². The highest BCUT2D eigenvalue weighted by molar-refractivity contribution is 5.73. The van der Waals surface area contributed by atoms with Gasteiger partial charge in [0.25, 0.3) is 5.69 Å². The van der Waals surface area contributed by atoms with Gasteiger partial charge in [-0.1, -0.05) is 12.2 Å². The van der Waals surface area contributed by atoms with Crippen molar-refractivity contribution in [3.05, 3.63) is 45.8 Å². The molecule has 0 spiro atoms. The Kier molecular flexibility index (Phi) is 4.33. The summed E-state index contributed by atoms with van der Waals surface area (Å²) in [7, 11) is 1.25. The summed E-state index contributed by atoms with van der Waals surface area (Å²) in [6, 6.07) is 3.23. The minimum absolute atomic E-state index is 0.00499. The Hall–Kier alpha value is -2.24. The minimum atomic E-state index is -0.680. The lowest BCUT2D eigenvalue weighted by molar-refractivity contribution is -0.385. The molecule has 5 nitrogen and oxygen atoms in total. The third-order valence-electron chi connectivity index (χ3n) is 2.00. The van der Waals surface area contributed by atoms with Crippen molar-refractivity contribution in [3.8, 4) is 0 Å². The number of ether oxygens (including phenoxy) is 1. The Morgan fingerprint density at radius 1 is 1.59 bits per heavy atom. The van der Waals surface area contributed by atoms with Crippen LogP contribution in [0.5, 0.6) is 0 Å². The van der Waals surface area contributed by atoms with E-state index in [-0.39, 0.29) is 17.7 Å². The van der Waals surface area contributed by atoms with Gasteiger partial charge in [-0.3, -0.25) is 14.9 Å². The molecule has 17 heavy (non-hydrogen) atoms. The van der Waals surface area contributed by atoms with Crippen LogP contribution in [0.4, 0.5) is 10.1 Å². The van der Waals surface area contributed by atoms with Gasteiger partial charge in [-0.25, -0.2) is 4.39 Å². The summed E-state index contributed by atoms with van der Waals surface area (Å²) in [4.78, 5) is 20.8. The number of esters is 1. The van der Waals surface area contributed by atoms with Crippen molar-refractivity contribution in [1.29, 1.82) is 0 Å². The van der Waals surface area contributed by atoms with Crippen LogP contribution < -0.4 is 0 Å². The van der Waals surface area contributed by atoms with Gasteiger partial charge >= 0.3 is 5.97 Å². The molecule has 0 bridgehead atoms. The van der Waals surface area contributed by atoms with Gasteiger partial charge in [-0.05, 0) is 12.1 Å². The van der Waals surface area contributed by atoms with Gasteiger partial charge in [0.2, 0.25) is 0 Å². The van der Waals surface area contributed by atoms with Gasteiger partial charge in [0.1, 0.15) is 5.82 Å². The lowest BCUT2D eigenvalue weighted by atomic mass is 10.1. The number of carbonyl (C=O) groups is 1. The Morgan fingerprint density at radius 2 is 2.29 bits per heavy atom. The summed E-state index contributed by atoms with van der Waals surface area (Å²) in [6.07, 6.45) is 2.81. The first kappa shape index (κ1) is 12.8. The number of hydrogen-bond donors (Lipinski definition) is 0. The predicted molar refractivity (Wildman–Crippen MR) is 58.7 cm³/mol. The first-order chi connectivity index (χ1) is 8.04. The lowest BCUT2D eigenvalue weighted by Gasteiger charge is -1.97. The summed E-state index contributed by atoms with van der Waals surface area (Å²) in [5.41, 5.74) is -0.105. The van der Waals surface area contributed by atoms with Crippen molar-refractivity contribution in [2.24, 2.45) is 0 Å². The van der Waals surface area contributed by atoms with E-state index in [4.69, 9.17) is 0 Å². The van der Waals surface area contributed by atoms with Crippen molar-refractivity contribution in [1.82, 2.24) is 0 Å². The molecular formula is C11H10FNO4. The third-order valence-corrected chi connectivity index (χ3v) is 2.00. The number of methoxy groups -OCH3 is 1. The van der Waals surface area contributed by atoms with Crippen molar-refractivity contribution in [2.45, 2.75) is 6.42 Å². The number of halogens is 1. The zero-order chi connectivity index (χ0) is 12.8. The number of carbonyl (C=O) groups excluding carboxylic acids is 1. The third kappa shape index (κ3) is 3.67. The maximum atomic E-state index is 12.8. The fraction of sp³-hybridized carbons (Fsp3) is 0.182. The molecule has 0 aliphatic carbocycles. The molecule has 0 atom stereocenters. The van der Waals surface area contributed by atoms with E-state index in [0.717, 1.165) is 12.1 Å². The molecule has 90 valence electrons. The fourth-order valence-corrected chi connectivity index (χ4v) is 1.18. The van der Waals surface area contributed by atoms with E-state index >= 15 is 0 Å². The van der Waals surface area contributed by atoms with Gasteiger partial charge in [0, 0.05) is 0 Å². The molecule has 6 heteroatoms. The topological polar surface area (TPSA) is 69.4 Å². The zero-order valence-corrected chi connectivity index (χ0v) is 9.05. The van der Waals surface area contributed by atoms with Crippen molar-refractivity contribution < 1.29 is 18.8 Å². The molecule has 0 heterocycles. The molecule has 0 N–H and O–H groups in total. The van der Waals surface area contributed by atoms with Crippen LogP contribution in [-0.2, 0) is 9.53 Å². The summed E-state index contributed by atoms with van der Waals surface area (Å²) < 4.78 is 17.2. The molecule has 0 aliphatic heterocycles. The fourth-order valence-electron chi connectivity index (χ4n) is 1.18. The van der Waals surface area contributed by atoms with E-state index in [1.54, 1.807) is 0 Å². The van der Waals surface area contributed by atoms with E-state index < -0.39 is 16.7 Å². The van der Waals surface area contributed by atoms with Crippen LogP contribution in [0.3, 0.4) is 0 Å². The number of hydrogen-bond acceptors (Lipinski definition) is 4. The van der Waals surface area contributed by atoms with E-state index in [0.29, 0.717) is 0 Å². The van der Waals surface area contributed by atoms with Gasteiger partial charge in [0.15, 0.2) is 0 Å². The first-order valence-electron chi connectivity index (χ1n) is 4.72. The largest absolute Gasteiger partial charge is 0.469 e. The molecule has 1 aromatic rings. The highest BCUT2D eigenvalue weighted by atomic mass is 19.1.